The van der Waals surface area contributed by atoms with Gasteiger partial charge in [-0.2, -0.15) is 0 Å². The van der Waals surface area contributed by atoms with Crippen LogP contribution in [0.4, 0.5) is 0 Å². The first-order chi connectivity index (χ1) is 17.7. The van der Waals surface area contributed by atoms with Crippen molar-refractivity contribution in [3.63, 3.8) is 0 Å². The molecule has 0 heteroatoms. The second kappa shape index (κ2) is 10.6. The molecule has 3 aliphatic rings. The third-order valence-electron chi connectivity index (χ3n) is 9.45. The average molecular weight is 491 g/mol. The van der Waals surface area contributed by atoms with Crippen molar-refractivity contribution < 1.29 is 0 Å². The lowest BCUT2D eigenvalue weighted by molar-refractivity contribution is 0.281. The maximum Gasteiger partial charge on any atom is 0.00828 e. The molecule has 1 saturated carbocycles. The highest BCUT2D eigenvalue weighted by Gasteiger charge is 2.29. The standard InChI is InChI=1S/C37H46/c1-23(2)32-15-14-26(5)34(28(32)7)21-30-19-31-12-9-13-33(36(31)22-30)37-18-25(4)16-27(6)35(37)20-29-11-8-10-24(3)17-29/h9,12-16,18-19,23-24,29,32,34H,5,7-8,10-11,17,20-22H2,1-4,6H3. The van der Waals surface area contributed by atoms with Gasteiger partial charge in [-0.1, -0.05) is 118 Å². The van der Waals surface area contributed by atoms with Crippen molar-refractivity contribution in [1.29, 1.82) is 0 Å². The molecule has 0 aliphatic heterocycles. The number of fused-ring (bicyclic) bond motifs is 1. The average Bonchev–Trinajstić information content (AvgIpc) is 3.26. The van der Waals surface area contributed by atoms with Crippen molar-refractivity contribution in [2.24, 2.45) is 29.6 Å². The molecule has 0 amide bonds. The van der Waals surface area contributed by atoms with Gasteiger partial charge in [0.2, 0.25) is 0 Å². The van der Waals surface area contributed by atoms with Gasteiger partial charge in [0.05, 0.1) is 0 Å². The Morgan fingerprint density at radius 3 is 2.57 bits per heavy atom. The minimum absolute atomic E-state index is 0.353. The molecule has 0 heterocycles. The van der Waals surface area contributed by atoms with E-state index in [2.05, 4.69) is 96.3 Å². The topological polar surface area (TPSA) is 0 Å². The van der Waals surface area contributed by atoms with Gasteiger partial charge in [0.15, 0.2) is 0 Å². The number of benzene rings is 2. The summed E-state index contributed by atoms with van der Waals surface area (Å²) in [5.74, 6) is 3.08. The summed E-state index contributed by atoms with van der Waals surface area (Å²) in [4.78, 5) is 0. The van der Waals surface area contributed by atoms with E-state index in [1.807, 2.05) is 0 Å². The van der Waals surface area contributed by atoms with Gasteiger partial charge in [-0.25, -0.2) is 0 Å². The van der Waals surface area contributed by atoms with Crippen LogP contribution >= 0.6 is 0 Å². The largest absolute Gasteiger partial charge is 0.0986 e. The van der Waals surface area contributed by atoms with Gasteiger partial charge in [0.25, 0.3) is 0 Å². The maximum atomic E-state index is 4.56. The SMILES string of the molecule is C=C1C=CC(C(C)C)C(=C)C1CC1=Cc2cccc(-c3cc(C)cc(C)c3CC3CCCC(C)C3)c2C1. The van der Waals surface area contributed by atoms with Gasteiger partial charge in [0.1, 0.15) is 0 Å². The number of allylic oxidation sites excluding steroid dienone is 5. The molecule has 37 heavy (non-hydrogen) atoms. The van der Waals surface area contributed by atoms with Crippen LogP contribution < -0.4 is 0 Å². The van der Waals surface area contributed by atoms with Gasteiger partial charge < -0.3 is 0 Å². The molecule has 0 bridgehead atoms. The summed E-state index contributed by atoms with van der Waals surface area (Å²) >= 11 is 0. The summed E-state index contributed by atoms with van der Waals surface area (Å²) < 4.78 is 0. The van der Waals surface area contributed by atoms with Crippen LogP contribution in [-0.2, 0) is 12.8 Å². The zero-order valence-electron chi connectivity index (χ0n) is 23.9. The fourth-order valence-electron chi connectivity index (χ4n) is 7.47. The number of rotatable bonds is 6. The van der Waals surface area contributed by atoms with Crippen molar-refractivity contribution in [3.8, 4) is 11.1 Å². The molecule has 3 aliphatic carbocycles. The molecule has 0 aromatic heterocycles. The van der Waals surface area contributed by atoms with E-state index in [0.29, 0.717) is 17.8 Å². The van der Waals surface area contributed by atoms with Crippen LogP contribution in [0.2, 0.25) is 0 Å². The molecule has 4 atom stereocenters. The first-order valence-corrected chi connectivity index (χ1v) is 14.7. The van der Waals surface area contributed by atoms with Gasteiger partial charge >= 0.3 is 0 Å². The van der Waals surface area contributed by atoms with E-state index < -0.39 is 0 Å². The molecule has 0 spiro atoms. The van der Waals surface area contributed by atoms with Crippen molar-refractivity contribution >= 4 is 6.08 Å². The predicted octanol–water partition coefficient (Wildman–Crippen LogP) is 10.2. The lowest BCUT2D eigenvalue weighted by Crippen LogP contribution is -2.21. The van der Waals surface area contributed by atoms with Crippen molar-refractivity contribution in [1.82, 2.24) is 0 Å². The summed E-state index contributed by atoms with van der Waals surface area (Å²) in [5, 5.41) is 0. The zero-order chi connectivity index (χ0) is 26.3. The third kappa shape index (κ3) is 5.36. The summed E-state index contributed by atoms with van der Waals surface area (Å²) in [7, 11) is 0. The first-order valence-electron chi connectivity index (χ1n) is 14.7. The number of aryl methyl sites for hydroxylation is 2. The summed E-state index contributed by atoms with van der Waals surface area (Å²) in [6.07, 6.45) is 15.9. The number of hydrogen-bond acceptors (Lipinski definition) is 0. The van der Waals surface area contributed by atoms with Gasteiger partial charge in [-0.05, 0) is 96.2 Å². The highest BCUT2D eigenvalue weighted by molar-refractivity contribution is 5.80. The molecule has 0 saturated heterocycles. The Morgan fingerprint density at radius 1 is 1.00 bits per heavy atom. The van der Waals surface area contributed by atoms with E-state index in [4.69, 9.17) is 0 Å². The van der Waals surface area contributed by atoms with Crippen LogP contribution in [0.15, 0.2) is 72.4 Å². The maximum absolute atomic E-state index is 4.56. The molecule has 2 aromatic rings. The Morgan fingerprint density at radius 2 is 1.81 bits per heavy atom. The third-order valence-corrected chi connectivity index (χ3v) is 9.45. The van der Waals surface area contributed by atoms with E-state index in [9.17, 15) is 0 Å². The molecule has 0 radical (unpaired) electrons. The van der Waals surface area contributed by atoms with Crippen LogP contribution in [0.25, 0.3) is 17.2 Å². The molecule has 1 fully saturated rings. The second-order valence-corrected chi connectivity index (χ2v) is 12.8. The Hall–Kier alpha value is -2.60. The van der Waals surface area contributed by atoms with E-state index in [1.54, 1.807) is 5.56 Å². The van der Waals surface area contributed by atoms with E-state index >= 15 is 0 Å². The van der Waals surface area contributed by atoms with Crippen molar-refractivity contribution in [2.75, 3.05) is 0 Å². The van der Waals surface area contributed by atoms with Gasteiger partial charge in [0, 0.05) is 11.8 Å². The second-order valence-electron chi connectivity index (χ2n) is 12.8. The molecule has 194 valence electrons. The fourth-order valence-corrected chi connectivity index (χ4v) is 7.47. The van der Waals surface area contributed by atoms with E-state index in [1.165, 1.54) is 82.2 Å². The molecule has 2 aromatic carbocycles. The lowest BCUT2D eigenvalue weighted by atomic mass is 9.72. The lowest BCUT2D eigenvalue weighted by Gasteiger charge is -2.32. The van der Waals surface area contributed by atoms with Crippen molar-refractivity contribution in [3.05, 3.63) is 100 Å². The minimum atomic E-state index is 0.353. The van der Waals surface area contributed by atoms with E-state index in [-0.39, 0.29) is 0 Å². The van der Waals surface area contributed by atoms with Crippen LogP contribution in [0.3, 0.4) is 0 Å². The molecule has 5 rings (SSSR count). The quantitative estimate of drug-likeness (QED) is 0.353. The molecule has 0 nitrogen and oxygen atoms in total. The van der Waals surface area contributed by atoms with Crippen LogP contribution in [0.5, 0.6) is 0 Å². The Bertz CT molecular complexity index is 1260. The highest BCUT2D eigenvalue weighted by Crippen LogP contribution is 2.44. The van der Waals surface area contributed by atoms with Crippen LogP contribution in [-0.4, -0.2) is 0 Å². The first kappa shape index (κ1) is 26.0. The van der Waals surface area contributed by atoms with Crippen LogP contribution in [0, 0.1) is 43.4 Å². The smallest absolute Gasteiger partial charge is 0.00828 e. The normalized spacial score (nSPS) is 25.5. The van der Waals surface area contributed by atoms with Gasteiger partial charge in [-0.3, -0.25) is 0 Å². The van der Waals surface area contributed by atoms with E-state index in [0.717, 1.165) is 24.7 Å². The zero-order valence-corrected chi connectivity index (χ0v) is 23.9. The summed E-state index contributed by atoms with van der Waals surface area (Å²) in [6.45, 7) is 20.6. The molecular weight excluding hydrogens is 444 g/mol. The summed E-state index contributed by atoms with van der Waals surface area (Å²) in [5.41, 5.74) is 14.4. The number of hydrogen-bond donors (Lipinski definition) is 0. The molecule has 0 N–H and O–H groups in total. The molecule has 4 unspecified atom stereocenters. The van der Waals surface area contributed by atoms with Gasteiger partial charge in [-0.15, -0.1) is 0 Å². The Labute approximate surface area is 226 Å². The molecular formula is C37H46. The predicted molar refractivity (Wildman–Crippen MR) is 162 cm³/mol. The van der Waals surface area contributed by atoms with Crippen LogP contribution in [0.1, 0.15) is 80.7 Å². The summed E-state index contributed by atoms with van der Waals surface area (Å²) in [6, 6.07) is 11.8. The Balaban J connectivity index is 1.43. The monoisotopic (exact) mass is 490 g/mol. The Kier molecular flexibility index (Phi) is 7.49. The van der Waals surface area contributed by atoms with Crippen molar-refractivity contribution in [2.45, 2.75) is 79.6 Å². The highest BCUT2D eigenvalue weighted by atomic mass is 14.3. The minimum Gasteiger partial charge on any atom is -0.0986 e. The fraction of sp³-hybridized carbons (Fsp3) is 0.459.